The van der Waals surface area contributed by atoms with Crippen LogP contribution in [0.3, 0.4) is 0 Å². The van der Waals surface area contributed by atoms with E-state index in [2.05, 4.69) is 15.2 Å². The molecule has 0 spiro atoms. The Morgan fingerprint density at radius 1 is 1.02 bits per heavy atom. The number of carbonyl (C=O) groups is 2. The van der Waals surface area contributed by atoms with Gasteiger partial charge in [0.2, 0.25) is 0 Å². The van der Waals surface area contributed by atoms with Crippen molar-refractivity contribution < 1.29 is 32.9 Å². The van der Waals surface area contributed by atoms with Gasteiger partial charge in [-0.3, -0.25) is 10.3 Å². The summed E-state index contributed by atoms with van der Waals surface area (Å²) in [4.78, 5) is 34.2. The van der Waals surface area contributed by atoms with Crippen molar-refractivity contribution >= 4 is 46.5 Å². The van der Waals surface area contributed by atoms with Crippen LogP contribution in [0.5, 0.6) is 11.5 Å². The van der Waals surface area contributed by atoms with E-state index in [9.17, 15) is 14.0 Å². The highest BCUT2D eigenvalue weighted by molar-refractivity contribution is 7.13. The molecule has 0 bridgehead atoms. The van der Waals surface area contributed by atoms with E-state index in [1.54, 1.807) is 48.5 Å². The lowest BCUT2D eigenvalue weighted by Crippen LogP contribution is -2.38. The van der Waals surface area contributed by atoms with Crippen molar-refractivity contribution in [2.24, 2.45) is 0 Å². The maximum absolute atomic E-state index is 14.9. The van der Waals surface area contributed by atoms with E-state index >= 15 is 0 Å². The molecule has 1 unspecified atom stereocenters. The second-order valence-corrected chi connectivity index (χ2v) is 13.3. The molecule has 4 aromatic rings. The number of thiophene rings is 1. The smallest absolute Gasteiger partial charge is 0.348 e. The number of carbonyl (C=O) groups excluding carboxylic acids is 2. The zero-order valence-electron chi connectivity index (χ0n) is 26.7. The van der Waals surface area contributed by atoms with Crippen LogP contribution in [-0.4, -0.2) is 62.3 Å². The fourth-order valence-electron chi connectivity index (χ4n) is 5.44. The average Bonchev–Trinajstić information content (AvgIpc) is 3.57. The minimum Gasteiger partial charge on any atom is -0.493 e. The predicted molar refractivity (Wildman–Crippen MR) is 183 cm³/mol. The van der Waals surface area contributed by atoms with Crippen LogP contribution in [-0.2, 0) is 27.2 Å². The number of methoxy groups -OCH3 is 2. The molecule has 2 aromatic carbocycles. The summed E-state index contributed by atoms with van der Waals surface area (Å²) in [7, 11) is 5.08. The Labute approximate surface area is 292 Å². The topological polar surface area (TPSA) is 99.2 Å². The Kier molecular flexibility index (Phi) is 12.3. The number of nitrogens with one attached hydrogen (secondary N) is 1. The van der Waals surface area contributed by atoms with Gasteiger partial charge in [-0.05, 0) is 61.3 Å². The van der Waals surface area contributed by atoms with Gasteiger partial charge < -0.3 is 23.8 Å². The Morgan fingerprint density at radius 3 is 2.42 bits per heavy atom. The molecule has 1 N–H and O–H groups in total. The number of likely N-dealkylation sites (tertiary alicyclic amines) is 1. The van der Waals surface area contributed by atoms with Gasteiger partial charge in [-0.1, -0.05) is 47.5 Å². The van der Waals surface area contributed by atoms with Gasteiger partial charge in [0.05, 0.1) is 24.3 Å². The van der Waals surface area contributed by atoms with Crippen molar-refractivity contribution in [3.05, 3.63) is 109 Å². The van der Waals surface area contributed by atoms with Crippen molar-refractivity contribution in [2.45, 2.75) is 44.1 Å². The number of hydrogen-bond donors (Lipinski definition) is 1. The highest BCUT2D eigenvalue weighted by Gasteiger charge is 2.29. The van der Waals surface area contributed by atoms with Gasteiger partial charge in [-0.15, -0.1) is 11.3 Å². The summed E-state index contributed by atoms with van der Waals surface area (Å²) < 4.78 is 37.6. The van der Waals surface area contributed by atoms with Gasteiger partial charge in [-0.25, -0.2) is 14.0 Å². The normalized spacial score (nSPS) is 15.0. The molecule has 13 heteroatoms. The fourth-order valence-corrected chi connectivity index (χ4v) is 6.80. The highest BCUT2D eigenvalue weighted by atomic mass is 35.5. The molecule has 254 valence electrons. The summed E-state index contributed by atoms with van der Waals surface area (Å²) in [5.74, 6) is -0.644. The maximum Gasteiger partial charge on any atom is 0.348 e. The first kappa shape index (κ1) is 35.6. The zero-order chi connectivity index (χ0) is 34.2. The SMILES string of the molecule is COc1ccc([C@H](Cc2c(Cl)cncc2Cl)OC(=O)c2ccc(CNC(C(=O)OC3CCN(C)CC3)c3ccccc3F)s2)cc1OC. The van der Waals surface area contributed by atoms with Crippen LogP contribution in [0.2, 0.25) is 10.0 Å². The first-order valence-electron chi connectivity index (χ1n) is 15.3. The summed E-state index contributed by atoms with van der Waals surface area (Å²) in [6.45, 7) is 1.82. The number of rotatable bonds is 13. The number of piperidine rings is 1. The summed E-state index contributed by atoms with van der Waals surface area (Å²) in [6.07, 6.45) is 3.53. The van der Waals surface area contributed by atoms with E-state index in [0.717, 1.165) is 18.0 Å². The summed E-state index contributed by atoms with van der Waals surface area (Å²) in [5.41, 5.74) is 1.40. The van der Waals surface area contributed by atoms with Crippen molar-refractivity contribution in [1.82, 2.24) is 15.2 Å². The minimum atomic E-state index is -1.03. The molecular weight excluding hydrogens is 680 g/mol. The Hall–Kier alpha value is -3.74. The summed E-state index contributed by atoms with van der Waals surface area (Å²) in [5, 5.41) is 3.83. The second-order valence-electron chi connectivity index (χ2n) is 11.3. The quantitative estimate of drug-likeness (QED) is 0.144. The first-order chi connectivity index (χ1) is 23.2. The van der Waals surface area contributed by atoms with Crippen LogP contribution < -0.4 is 14.8 Å². The predicted octanol–water partition coefficient (Wildman–Crippen LogP) is 7.22. The van der Waals surface area contributed by atoms with E-state index in [1.807, 2.05) is 7.05 Å². The van der Waals surface area contributed by atoms with Crippen molar-refractivity contribution in [3.63, 3.8) is 0 Å². The lowest BCUT2D eigenvalue weighted by atomic mass is 10.0. The molecule has 5 rings (SSSR count). The molecule has 3 heterocycles. The van der Waals surface area contributed by atoms with Crippen LogP contribution >= 0.6 is 34.5 Å². The lowest BCUT2D eigenvalue weighted by Gasteiger charge is -2.30. The summed E-state index contributed by atoms with van der Waals surface area (Å²) in [6, 6.07) is 13.7. The van der Waals surface area contributed by atoms with Gasteiger partial charge >= 0.3 is 11.9 Å². The standard InChI is InChI=1S/C35H36Cl2FN3O6S/c1-41-14-12-22(13-15-41)46-35(43)33(24-6-4-5-7-28(24)38)40-18-23-9-11-32(48-23)34(42)47-30(17-25-26(36)19-39-20-27(25)37)21-8-10-29(44-2)31(16-21)45-3/h4-11,16,19-20,22,30,33,40H,12-15,17-18H2,1-3H3/t30-,33?/m0/s1. The molecule has 2 atom stereocenters. The number of nitrogens with zero attached hydrogens (tertiary/aromatic N) is 2. The number of hydrogen-bond acceptors (Lipinski definition) is 10. The molecule has 0 radical (unpaired) electrons. The number of aromatic nitrogens is 1. The second kappa shape index (κ2) is 16.6. The fraction of sp³-hybridized carbons (Fsp3) is 0.343. The molecule has 1 saturated heterocycles. The van der Waals surface area contributed by atoms with Gasteiger partial charge in [0.25, 0.3) is 0 Å². The molecule has 0 saturated carbocycles. The number of esters is 2. The Bertz CT molecular complexity index is 1710. The van der Waals surface area contributed by atoms with E-state index in [0.29, 0.717) is 50.4 Å². The van der Waals surface area contributed by atoms with Crippen LogP contribution in [0.1, 0.15) is 56.2 Å². The molecule has 0 amide bonds. The lowest BCUT2D eigenvalue weighted by molar-refractivity contribution is -0.154. The van der Waals surface area contributed by atoms with Crippen LogP contribution in [0.15, 0.2) is 67.0 Å². The van der Waals surface area contributed by atoms with Crippen molar-refractivity contribution in [3.8, 4) is 11.5 Å². The molecule has 1 aliphatic rings. The largest absolute Gasteiger partial charge is 0.493 e. The Balaban J connectivity index is 1.32. The average molecular weight is 717 g/mol. The third-order valence-electron chi connectivity index (χ3n) is 8.11. The number of pyridine rings is 1. The number of ether oxygens (including phenoxy) is 4. The van der Waals surface area contributed by atoms with Gasteiger partial charge in [-0.2, -0.15) is 0 Å². The molecule has 1 aliphatic heterocycles. The minimum absolute atomic E-state index is 0.172. The molecule has 2 aromatic heterocycles. The molecule has 0 aliphatic carbocycles. The monoisotopic (exact) mass is 715 g/mol. The molecule has 1 fully saturated rings. The van der Waals surface area contributed by atoms with E-state index < -0.39 is 29.9 Å². The molecule has 9 nitrogen and oxygen atoms in total. The number of halogens is 3. The third-order valence-corrected chi connectivity index (χ3v) is 9.83. The summed E-state index contributed by atoms with van der Waals surface area (Å²) >= 11 is 14.0. The van der Waals surface area contributed by atoms with E-state index in [1.165, 1.54) is 44.0 Å². The third kappa shape index (κ3) is 8.83. The number of benzene rings is 2. The maximum atomic E-state index is 14.9. The molecule has 48 heavy (non-hydrogen) atoms. The van der Waals surface area contributed by atoms with Crippen molar-refractivity contribution in [1.29, 1.82) is 0 Å². The molecular formula is C35H36Cl2FN3O6S. The highest BCUT2D eigenvalue weighted by Crippen LogP contribution is 2.36. The van der Waals surface area contributed by atoms with Crippen LogP contribution in [0.4, 0.5) is 4.39 Å². The van der Waals surface area contributed by atoms with Crippen LogP contribution in [0.25, 0.3) is 0 Å². The first-order valence-corrected chi connectivity index (χ1v) is 16.9. The van der Waals surface area contributed by atoms with Crippen LogP contribution in [0, 0.1) is 5.82 Å². The Morgan fingerprint density at radius 2 is 1.73 bits per heavy atom. The van der Waals surface area contributed by atoms with E-state index in [4.69, 9.17) is 42.1 Å². The van der Waals surface area contributed by atoms with Gasteiger partial charge in [0, 0.05) is 48.9 Å². The van der Waals surface area contributed by atoms with Gasteiger partial charge in [0.15, 0.2) is 11.5 Å². The van der Waals surface area contributed by atoms with Crippen molar-refractivity contribution in [2.75, 3.05) is 34.4 Å². The van der Waals surface area contributed by atoms with E-state index in [-0.39, 0.29) is 24.6 Å². The van der Waals surface area contributed by atoms with Gasteiger partial charge in [0.1, 0.15) is 28.9 Å². The zero-order valence-corrected chi connectivity index (χ0v) is 29.0.